The average Bonchev–Trinajstić information content (AvgIpc) is 2.35. The first-order chi connectivity index (χ1) is 8.66. The fourth-order valence-electron chi connectivity index (χ4n) is 1.83. The van der Waals surface area contributed by atoms with Crippen molar-refractivity contribution in [2.24, 2.45) is 0 Å². The molecule has 0 amide bonds. The first-order valence-corrected chi connectivity index (χ1v) is 5.66. The lowest BCUT2D eigenvalue weighted by atomic mass is 10.0. The van der Waals surface area contributed by atoms with E-state index in [-0.39, 0.29) is 12.0 Å². The molecular formula is C14H13F2NO. The van der Waals surface area contributed by atoms with E-state index in [0.717, 1.165) is 5.56 Å². The summed E-state index contributed by atoms with van der Waals surface area (Å²) in [5.41, 5.74) is 0.813. The maximum atomic E-state index is 13.4. The van der Waals surface area contributed by atoms with Gasteiger partial charge >= 0.3 is 0 Å². The summed E-state index contributed by atoms with van der Waals surface area (Å²) in [7, 11) is 0. The number of aromatic nitrogens is 1. The Balaban J connectivity index is 2.06. The van der Waals surface area contributed by atoms with E-state index < -0.39 is 17.7 Å². The van der Waals surface area contributed by atoms with Crippen molar-refractivity contribution >= 4 is 0 Å². The molecule has 4 heteroatoms. The summed E-state index contributed by atoms with van der Waals surface area (Å²) in [5, 5.41) is 9.85. The van der Waals surface area contributed by atoms with Gasteiger partial charge in [0.25, 0.3) is 0 Å². The molecule has 1 atom stereocenters. The third kappa shape index (κ3) is 3.11. The van der Waals surface area contributed by atoms with E-state index in [1.807, 2.05) is 0 Å². The quantitative estimate of drug-likeness (QED) is 0.903. The summed E-state index contributed by atoms with van der Waals surface area (Å²) in [6.45, 7) is 0. The Labute approximate surface area is 104 Å². The normalized spacial score (nSPS) is 12.4. The Morgan fingerprint density at radius 2 is 1.61 bits per heavy atom. The van der Waals surface area contributed by atoms with Gasteiger partial charge in [-0.1, -0.05) is 6.07 Å². The SMILES string of the molecule is OC(Cc1ccncc1)Cc1c(F)cccc1F. The number of hydrogen-bond donors (Lipinski definition) is 1. The zero-order chi connectivity index (χ0) is 13.0. The molecule has 0 bridgehead atoms. The lowest BCUT2D eigenvalue weighted by Crippen LogP contribution is -2.16. The van der Waals surface area contributed by atoms with Gasteiger partial charge in [-0.25, -0.2) is 8.78 Å². The number of halogens is 2. The Kier molecular flexibility index (Phi) is 3.99. The fraction of sp³-hybridized carbons (Fsp3) is 0.214. The summed E-state index contributed by atoms with van der Waals surface area (Å²) in [4.78, 5) is 3.86. The van der Waals surface area contributed by atoms with Crippen LogP contribution in [-0.2, 0) is 12.8 Å². The van der Waals surface area contributed by atoms with E-state index in [4.69, 9.17) is 0 Å². The maximum absolute atomic E-state index is 13.4. The molecule has 0 aliphatic heterocycles. The van der Waals surface area contributed by atoms with Crippen molar-refractivity contribution in [1.82, 2.24) is 4.98 Å². The molecule has 0 saturated carbocycles. The molecule has 94 valence electrons. The van der Waals surface area contributed by atoms with Crippen LogP contribution >= 0.6 is 0 Å². The zero-order valence-corrected chi connectivity index (χ0v) is 9.68. The van der Waals surface area contributed by atoms with Crippen molar-refractivity contribution < 1.29 is 13.9 Å². The predicted molar refractivity (Wildman–Crippen MR) is 64.0 cm³/mol. The first kappa shape index (κ1) is 12.6. The number of nitrogens with zero attached hydrogens (tertiary/aromatic N) is 1. The Morgan fingerprint density at radius 3 is 2.22 bits per heavy atom. The topological polar surface area (TPSA) is 33.1 Å². The highest BCUT2D eigenvalue weighted by atomic mass is 19.1. The van der Waals surface area contributed by atoms with Crippen LogP contribution in [0.3, 0.4) is 0 Å². The number of hydrogen-bond acceptors (Lipinski definition) is 2. The Bertz CT molecular complexity index is 496. The second-order valence-electron chi connectivity index (χ2n) is 4.12. The van der Waals surface area contributed by atoms with Gasteiger partial charge in [0, 0.05) is 24.4 Å². The molecule has 0 spiro atoms. The summed E-state index contributed by atoms with van der Waals surface area (Å²) >= 11 is 0. The molecule has 0 radical (unpaired) electrons. The average molecular weight is 249 g/mol. The highest BCUT2D eigenvalue weighted by molar-refractivity contribution is 5.21. The molecule has 0 fully saturated rings. The van der Waals surface area contributed by atoms with Gasteiger partial charge in [-0.15, -0.1) is 0 Å². The van der Waals surface area contributed by atoms with E-state index in [9.17, 15) is 13.9 Å². The minimum absolute atomic E-state index is 0.0408. The van der Waals surface area contributed by atoms with Gasteiger partial charge in [-0.3, -0.25) is 4.98 Å². The van der Waals surface area contributed by atoms with Gasteiger partial charge in [0.1, 0.15) is 11.6 Å². The van der Waals surface area contributed by atoms with E-state index in [0.29, 0.717) is 6.42 Å². The van der Waals surface area contributed by atoms with Gasteiger partial charge < -0.3 is 5.11 Å². The van der Waals surface area contributed by atoms with Gasteiger partial charge in [0.2, 0.25) is 0 Å². The van der Waals surface area contributed by atoms with Gasteiger partial charge in [0.15, 0.2) is 0 Å². The van der Waals surface area contributed by atoms with Gasteiger partial charge in [-0.05, 0) is 36.2 Å². The van der Waals surface area contributed by atoms with Crippen LogP contribution in [0, 0.1) is 11.6 Å². The Hall–Kier alpha value is -1.81. The summed E-state index contributed by atoms with van der Waals surface area (Å²) < 4.78 is 26.8. The monoisotopic (exact) mass is 249 g/mol. The predicted octanol–water partition coefficient (Wildman–Crippen LogP) is 2.51. The molecule has 1 N–H and O–H groups in total. The number of pyridine rings is 1. The van der Waals surface area contributed by atoms with Crippen LogP contribution in [0.1, 0.15) is 11.1 Å². The molecular weight excluding hydrogens is 236 g/mol. The number of aliphatic hydroxyl groups excluding tert-OH is 1. The van der Waals surface area contributed by atoms with Crippen molar-refractivity contribution in [3.63, 3.8) is 0 Å². The third-order valence-corrected chi connectivity index (χ3v) is 2.72. The molecule has 1 aromatic heterocycles. The van der Waals surface area contributed by atoms with Gasteiger partial charge in [0.05, 0.1) is 6.10 Å². The number of aliphatic hydroxyl groups is 1. The van der Waals surface area contributed by atoms with Crippen LogP contribution in [-0.4, -0.2) is 16.2 Å². The maximum Gasteiger partial charge on any atom is 0.129 e. The van der Waals surface area contributed by atoms with Crippen LogP contribution in [0.25, 0.3) is 0 Å². The fourth-order valence-corrected chi connectivity index (χ4v) is 1.83. The Morgan fingerprint density at radius 1 is 1.00 bits per heavy atom. The van der Waals surface area contributed by atoms with E-state index in [1.165, 1.54) is 18.2 Å². The smallest absolute Gasteiger partial charge is 0.129 e. The second kappa shape index (κ2) is 5.69. The van der Waals surface area contributed by atoms with Crippen molar-refractivity contribution in [1.29, 1.82) is 0 Å². The van der Waals surface area contributed by atoms with Gasteiger partial charge in [-0.2, -0.15) is 0 Å². The van der Waals surface area contributed by atoms with E-state index in [1.54, 1.807) is 24.5 Å². The van der Waals surface area contributed by atoms with Crippen molar-refractivity contribution in [2.75, 3.05) is 0 Å². The van der Waals surface area contributed by atoms with Crippen LogP contribution < -0.4 is 0 Å². The summed E-state index contributed by atoms with van der Waals surface area (Å²) in [6, 6.07) is 7.22. The van der Waals surface area contributed by atoms with Crippen LogP contribution in [0.5, 0.6) is 0 Å². The molecule has 0 aliphatic carbocycles. The molecule has 1 aromatic carbocycles. The molecule has 1 unspecified atom stereocenters. The van der Waals surface area contributed by atoms with Crippen molar-refractivity contribution in [2.45, 2.75) is 18.9 Å². The van der Waals surface area contributed by atoms with E-state index >= 15 is 0 Å². The molecule has 1 heterocycles. The molecule has 2 aromatic rings. The minimum atomic E-state index is -0.821. The number of benzene rings is 1. The molecule has 2 rings (SSSR count). The van der Waals surface area contributed by atoms with Crippen LogP contribution in [0.15, 0.2) is 42.7 Å². The second-order valence-corrected chi connectivity index (χ2v) is 4.12. The van der Waals surface area contributed by atoms with Crippen LogP contribution in [0.4, 0.5) is 8.78 Å². The standard InChI is InChI=1S/C14H13F2NO/c15-13-2-1-3-14(16)12(13)9-11(18)8-10-4-6-17-7-5-10/h1-7,11,18H,8-9H2. The largest absolute Gasteiger partial charge is 0.392 e. The highest BCUT2D eigenvalue weighted by Gasteiger charge is 2.14. The zero-order valence-electron chi connectivity index (χ0n) is 9.68. The third-order valence-electron chi connectivity index (χ3n) is 2.72. The molecule has 0 aliphatic rings. The van der Waals surface area contributed by atoms with Crippen LogP contribution in [0.2, 0.25) is 0 Å². The summed E-state index contributed by atoms with van der Waals surface area (Å²) in [5.74, 6) is -1.24. The van der Waals surface area contributed by atoms with Crippen molar-refractivity contribution in [3.05, 3.63) is 65.5 Å². The minimum Gasteiger partial charge on any atom is -0.392 e. The highest BCUT2D eigenvalue weighted by Crippen LogP contribution is 2.15. The van der Waals surface area contributed by atoms with E-state index in [2.05, 4.69) is 4.98 Å². The lowest BCUT2D eigenvalue weighted by Gasteiger charge is -2.11. The lowest BCUT2D eigenvalue weighted by molar-refractivity contribution is 0.172. The first-order valence-electron chi connectivity index (χ1n) is 5.66. The van der Waals surface area contributed by atoms with Crippen molar-refractivity contribution in [3.8, 4) is 0 Å². The molecule has 0 saturated heterocycles. The number of rotatable bonds is 4. The molecule has 2 nitrogen and oxygen atoms in total. The molecule has 18 heavy (non-hydrogen) atoms. The summed E-state index contributed by atoms with van der Waals surface area (Å²) in [6.07, 6.45) is 2.72.